The molecule has 2 N–H and O–H groups in total. The number of ether oxygens (including phenoxy) is 1. The van der Waals surface area contributed by atoms with Crippen molar-refractivity contribution in [2.24, 2.45) is 11.3 Å². The molecule has 2 atom stereocenters. The van der Waals surface area contributed by atoms with Crippen LogP contribution >= 0.6 is 23.7 Å². The summed E-state index contributed by atoms with van der Waals surface area (Å²) in [5.74, 6) is 0.209. The van der Waals surface area contributed by atoms with E-state index < -0.39 is 0 Å². The average Bonchev–Trinajstić information content (AvgIpc) is 3.14. The van der Waals surface area contributed by atoms with Crippen molar-refractivity contribution < 1.29 is 14.3 Å². The molecule has 0 radical (unpaired) electrons. The van der Waals surface area contributed by atoms with Gasteiger partial charge in [0.05, 0.1) is 24.1 Å². The van der Waals surface area contributed by atoms with Crippen LogP contribution in [0, 0.1) is 11.3 Å². The van der Waals surface area contributed by atoms with Gasteiger partial charge in [-0.15, -0.1) is 23.7 Å². The Morgan fingerprint density at radius 2 is 2.33 bits per heavy atom. The van der Waals surface area contributed by atoms with E-state index in [1.54, 1.807) is 12.3 Å². The van der Waals surface area contributed by atoms with Gasteiger partial charge in [0, 0.05) is 11.9 Å². The highest BCUT2D eigenvalue weighted by Gasteiger charge is 2.49. The van der Waals surface area contributed by atoms with Crippen LogP contribution in [-0.4, -0.2) is 36.6 Å². The molecule has 2 aliphatic rings. The highest BCUT2D eigenvalue weighted by molar-refractivity contribution is 7.13. The van der Waals surface area contributed by atoms with Gasteiger partial charge in [0.25, 0.3) is 0 Å². The number of hydrogen-bond donors (Lipinski definition) is 2. The largest absolute Gasteiger partial charge is 0.466 e. The molecule has 1 aromatic heterocycles. The maximum Gasteiger partial charge on any atom is 0.311 e. The quantitative estimate of drug-likeness (QED) is 0.774. The lowest BCUT2D eigenvalue weighted by atomic mass is 9.68. The molecule has 0 aromatic carbocycles. The molecular formula is C16H24ClN3O3S. The van der Waals surface area contributed by atoms with Crippen molar-refractivity contribution in [3.05, 3.63) is 11.1 Å². The SMILES string of the molecule is CCOC(=O)Cc1csc(NC(=O)[C@@]23CCCC[C@H]2CNC3)n1.Cl. The minimum absolute atomic E-state index is 0. The Morgan fingerprint density at radius 3 is 3.12 bits per heavy atom. The summed E-state index contributed by atoms with van der Waals surface area (Å²) in [6.45, 7) is 3.83. The van der Waals surface area contributed by atoms with Crippen LogP contribution in [0.2, 0.25) is 0 Å². The Kier molecular flexibility index (Phi) is 6.60. The fraction of sp³-hybridized carbons (Fsp3) is 0.688. The number of esters is 1. The van der Waals surface area contributed by atoms with Gasteiger partial charge in [0.2, 0.25) is 5.91 Å². The second kappa shape index (κ2) is 8.27. The van der Waals surface area contributed by atoms with Crippen LogP contribution in [0.4, 0.5) is 5.13 Å². The number of fused-ring (bicyclic) bond motifs is 1. The summed E-state index contributed by atoms with van der Waals surface area (Å²) in [6, 6.07) is 0. The van der Waals surface area contributed by atoms with Crippen LogP contribution in [0.25, 0.3) is 0 Å². The van der Waals surface area contributed by atoms with Crippen molar-refractivity contribution in [2.45, 2.75) is 39.0 Å². The molecule has 2 heterocycles. The van der Waals surface area contributed by atoms with Gasteiger partial charge in [0.1, 0.15) is 0 Å². The number of nitrogens with zero attached hydrogens (tertiary/aromatic N) is 1. The van der Waals surface area contributed by atoms with E-state index in [1.165, 1.54) is 17.8 Å². The van der Waals surface area contributed by atoms with Crippen molar-refractivity contribution in [1.82, 2.24) is 10.3 Å². The summed E-state index contributed by atoms with van der Waals surface area (Å²) in [5, 5.41) is 8.72. The zero-order valence-electron chi connectivity index (χ0n) is 13.8. The second-order valence-corrected chi connectivity index (χ2v) is 7.17. The Morgan fingerprint density at radius 1 is 1.50 bits per heavy atom. The van der Waals surface area contributed by atoms with Gasteiger partial charge in [-0.2, -0.15) is 0 Å². The molecule has 1 amide bonds. The molecule has 24 heavy (non-hydrogen) atoms. The third kappa shape index (κ3) is 3.90. The van der Waals surface area contributed by atoms with Gasteiger partial charge in [-0.05, 0) is 32.2 Å². The molecule has 1 saturated heterocycles. The first-order valence-corrected chi connectivity index (χ1v) is 9.14. The first kappa shape index (κ1) is 19.1. The molecular weight excluding hydrogens is 350 g/mol. The van der Waals surface area contributed by atoms with Crippen molar-refractivity contribution >= 4 is 40.8 Å². The number of halogens is 1. The van der Waals surface area contributed by atoms with E-state index in [-0.39, 0.29) is 36.1 Å². The zero-order valence-corrected chi connectivity index (χ0v) is 15.4. The summed E-state index contributed by atoms with van der Waals surface area (Å²) in [7, 11) is 0. The molecule has 1 aromatic rings. The number of nitrogens with one attached hydrogen (secondary N) is 2. The van der Waals surface area contributed by atoms with E-state index in [2.05, 4.69) is 15.6 Å². The van der Waals surface area contributed by atoms with Gasteiger partial charge in [-0.25, -0.2) is 4.98 Å². The van der Waals surface area contributed by atoms with Crippen LogP contribution in [0.5, 0.6) is 0 Å². The fourth-order valence-electron chi connectivity index (χ4n) is 3.72. The molecule has 6 nitrogen and oxygen atoms in total. The molecule has 1 saturated carbocycles. The van der Waals surface area contributed by atoms with Crippen molar-refractivity contribution in [1.29, 1.82) is 0 Å². The summed E-state index contributed by atoms with van der Waals surface area (Å²) >= 11 is 1.36. The van der Waals surface area contributed by atoms with Gasteiger partial charge in [0.15, 0.2) is 5.13 Å². The number of amides is 1. The lowest BCUT2D eigenvalue weighted by molar-refractivity contribution is -0.142. The van der Waals surface area contributed by atoms with E-state index >= 15 is 0 Å². The lowest BCUT2D eigenvalue weighted by Crippen LogP contribution is -2.44. The minimum Gasteiger partial charge on any atom is -0.466 e. The summed E-state index contributed by atoms with van der Waals surface area (Å²) in [5.41, 5.74) is 0.358. The topological polar surface area (TPSA) is 80.3 Å². The maximum atomic E-state index is 12.8. The Bertz CT molecular complexity index is 595. The monoisotopic (exact) mass is 373 g/mol. The maximum absolute atomic E-state index is 12.8. The van der Waals surface area contributed by atoms with E-state index in [0.717, 1.165) is 32.4 Å². The fourth-order valence-corrected chi connectivity index (χ4v) is 4.42. The molecule has 0 bridgehead atoms. The summed E-state index contributed by atoms with van der Waals surface area (Å²) < 4.78 is 4.92. The molecule has 0 unspecified atom stereocenters. The van der Waals surface area contributed by atoms with Crippen LogP contribution in [0.15, 0.2) is 5.38 Å². The molecule has 1 aliphatic heterocycles. The number of anilines is 1. The smallest absolute Gasteiger partial charge is 0.311 e. The predicted molar refractivity (Wildman–Crippen MR) is 95.6 cm³/mol. The van der Waals surface area contributed by atoms with Crippen molar-refractivity contribution in [3.63, 3.8) is 0 Å². The highest BCUT2D eigenvalue weighted by Crippen LogP contribution is 2.44. The van der Waals surface area contributed by atoms with Gasteiger partial charge in [-0.3, -0.25) is 9.59 Å². The molecule has 134 valence electrons. The first-order chi connectivity index (χ1) is 11.1. The zero-order chi connectivity index (χ0) is 16.3. The Hall–Kier alpha value is -1.18. The third-order valence-corrected chi connectivity index (χ3v) is 5.70. The van der Waals surface area contributed by atoms with Gasteiger partial charge >= 0.3 is 5.97 Å². The number of carbonyl (C=O) groups excluding carboxylic acids is 2. The molecule has 2 fully saturated rings. The van der Waals surface area contributed by atoms with Crippen LogP contribution < -0.4 is 10.6 Å². The van der Waals surface area contributed by atoms with Crippen LogP contribution in [-0.2, 0) is 20.7 Å². The average molecular weight is 374 g/mol. The molecule has 3 rings (SSSR count). The van der Waals surface area contributed by atoms with Gasteiger partial charge in [-0.1, -0.05) is 12.8 Å². The van der Waals surface area contributed by atoms with Crippen molar-refractivity contribution in [2.75, 3.05) is 25.0 Å². The first-order valence-electron chi connectivity index (χ1n) is 8.26. The van der Waals surface area contributed by atoms with E-state index in [0.29, 0.717) is 23.4 Å². The van der Waals surface area contributed by atoms with Crippen molar-refractivity contribution in [3.8, 4) is 0 Å². The third-order valence-electron chi connectivity index (χ3n) is 4.89. The standard InChI is InChI=1S/C16H23N3O3S.ClH/c1-2-22-13(20)7-12-9-23-15(18-12)19-14(21)16-6-4-3-5-11(16)8-17-10-16;/h9,11,17H,2-8,10H2,1H3,(H,18,19,21);1H/t11-,16+;/m0./s1. The molecule has 8 heteroatoms. The van der Waals surface area contributed by atoms with Crippen LogP contribution in [0.1, 0.15) is 38.3 Å². The number of rotatable bonds is 5. The number of aromatic nitrogens is 1. The van der Waals surface area contributed by atoms with E-state index in [4.69, 9.17) is 4.74 Å². The Balaban J connectivity index is 0.00000208. The number of carbonyl (C=O) groups is 2. The summed E-state index contributed by atoms with van der Waals surface area (Å²) in [6.07, 6.45) is 4.53. The Labute approximate surface area is 152 Å². The summed E-state index contributed by atoms with van der Waals surface area (Å²) in [4.78, 5) is 28.7. The molecule has 0 spiro atoms. The van der Waals surface area contributed by atoms with E-state index in [1.807, 2.05) is 0 Å². The minimum atomic E-state index is -0.290. The number of thiazole rings is 1. The predicted octanol–water partition coefficient (Wildman–Crippen LogP) is 2.39. The highest BCUT2D eigenvalue weighted by atomic mass is 35.5. The molecule has 1 aliphatic carbocycles. The normalized spacial score (nSPS) is 25.5. The van der Waals surface area contributed by atoms with E-state index in [9.17, 15) is 9.59 Å². The second-order valence-electron chi connectivity index (χ2n) is 6.31. The van der Waals surface area contributed by atoms with Gasteiger partial charge < -0.3 is 15.4 Å². The number of hydrogen-bond acceptors (Lipinski definition) is 6. The lowest BCUT2D eigenvalue weighted by Gasteiger charge is -2.36. The van der Waals surface area contributed by atoms with Crippen LogP contribution in [0.3, 0.4) is 0 Å².